The second-order valence-electron chi connectivity index (χ2n) is 4.03. The lowest BCUT2D eigenvalue weighted by Crippen LogP contribution is -2.40. The average Bonchev–Trinajstić information content (AvgIpc) is 2.69. The number of carbonyl (C=O) groups is 1. The van der Waals surface area contributed by atoms with Crippen molar-refractivity contribution in [3.63, 3.8) is 0 Å². The standard InChI is InChI=1S/C12H16FN3O/c13-10-2-4-11(5-3-10)16-12(17)6-9-15(16)8-1-7-14/h2-5H,1,6-9,14H2. The summed E-state index contributed by atoms with van der Waals surface area (Å²) in [4.78, 5) is 11.8. The van der Waals surface area contributed by atoms with Crippen molar-refractivity contribution in [3.8, 4) is 0 Å². The minimum absolute atomic E-state index is 0.0497. The van der Waals surface area contributed by atoms with Crippen LogP contribution >= 0.6 is 0 Å². The molecule has 1 aliphatic heterocycles. The Hall–Kier alpha value is -1.46. The molecule has 1 aromatic rings. The summed E-state index contributed by atoms with van der Waals surface area (Å²) in [6.45, 7) is 2.05. The molecule has 1 saturated heterocycles. The summed E-state index contributed by atoms with van der Waals surface area (Å²) in [6.07, 6.45) is 1.34. The van der Waals surface area contributed by atoms with E-state index in [1.165, 1.54) is 12.1 Å². The Morgan fingerprint density at radius 1 is 1.29 bits per heavy atom. The maximum atomic E-state index is 12.8. The first kappa shape index (κ1) is 12.0. The number of anilines is 1. The number of hydrogen-bond donors (Lipinski definition) is 1. The Labute approximate surface area is 99.8 Å². The Balaban J connectivity index is 2.15. The van der Waals surface area contributed by atoms with Gasteiger partial charge in [-0.25, -0.2) is 14.4 Å². The van der Waals surface area contributed by atoms with Gasteiger partial charge in [-0.3, -0.25) is 4.79 Å². The van der Waals surface area contributed by atoms with Gasteiger partial charge >= 0.3 is 0 Å². The molecule has 5 heteroatoms. The molecule has 0 atom stereocenters. The predicted molar refractivity (Wildman–Crippen MR) is 63.7 cm³/mol. The zero-order valence-corrected chi connectivity index (χ0v) is 9.60. The molecule has 0 aromatic heterocycles. The van der Waals surface area contributed by atoms with Gasteiger partial charge in [0.1, 0.15) is 5.82 Å². The van der Waals surface area contributed by atoms with E-state index in [-0.39, 0.29) is 11.7 Å². The fourth-order valence-corrected chi connectivity index (χ4v) is 1.96. The molecule has 0 saturated carbocycles. The molecule has 1 amide bonds. The van der Waals surface area contributed by atoms with Crippen molar-refractivity contribution in [3.05, 3.63) is 30.1 Å². The maximum absolute atomic E-state index is 12.8. The van der Waals surface area contributed by atoms with Gasteiger partial charge in [0, 0.05) is 19.5 Å². The van der Waals surface area contributed by atoms with Crippen molar-refractivity contribution >= 4 is 11.6 Å². The SMILES string of the molecule is NCCCN1CCC(=O)N1c1ccc(F)cc1. The molecule has 0 spiro atoms. The van der Waals surface area contributed by atoms with Gasteiger partial charge in [0.2, 0.25) is 5.91 Å². The van der Waals surface area contributed by atoms with Crippen LogP contribution in [0.3, 0.4) is 0 Å². The van der Waals surface area contributed by atoms with Gasteiger partial charge in [-0.05, 0) is 37.2 Å². The Kier molecular flexibility index (Phi) is 3.71. The quantitative estimate of drug-likeness (QED) is 0.854. The molecule has 17 heavy (non-hydrogen) atoms. The van der Waals surface area contributed by atoms with Gasteiger partial charge in [-0.15, -0.1) is 0 Å². The van der Waals surface area contributed by atoms with Crippen molar-refractivity contribution < 1.29 is 9.18 Å². The molecule has 0 aliphatic carbocycles. The number of nitrogens with zero attached hydrogens (tertiary/aromatic N) is 2. The molecule has 1 fully saturated rings. The molecule has 92 valence electrons. The van der Waals surface area contributed by atoms with E-state index >= 15 is 0 Å². The number of halogens is 1. The highest BCUT2D eigenvalue weighted by atomic mass is 19.1. The molecule has 1 heterocycles. The predicted octanol–water partition coefficient (Wildman–Crippen LogP) is 1.13. The van der Waals surface area contributed by atoms with E-state index in [9.17, 15) is 9.18 Å². The second-order valence-corrected chi connectivity index (χ2v) is 4.03. The van der Waals surface area contributed by atoms with Crippen LogP contribution < -0.4 is 10.7 Å². The van der Waals surface area contributed by atoms with E-state index in [1.54, 1.807) is 17.1 Å². The smallest absolute Gasteiger partial charge is 0.242 e. The van der Waals surface area contributed by atoms with Crippen LogP contribution in [0.2, 0.25) is 0 Å². The fraction of sp³-hybridized carbons (Fsp3) is 0.417. The Morgan fingerprint density at radius 3 is 2.65 bits per heavy atom. The normalized spacial score (nSPS) is 16.8. The van der Waals surface area contributed by atoms with Crippen LogP contribution in [0.1, 0.15) is 12.8 Å². The minimum Gasteiger partial charge on any atom is -0.330 e. The van der Waals surface area contributed by atoms with E-state index in [2.05, 4.69) is 0 Å². The monoisotopic (exact) mass is 237 g/mol. The highest BCUT2D eigenvalue weighted by Crippen LogP contribution is 2.22. The molecule has 0 radical (unpaired) electrons. The lowest BCUT2D eigenvalue weighted by Gasteiger charge is -2.27. The summed E-state index contributed by atoms with van der Waals surface area (Å²) in [5.74, 6) is -0.248. The first-order chi connectivity index (χ1) is 8.22. The zero-order valence-electron chi connectivity index (χ0n) is 9.60. The van der Waals surface area contributed by atoms with Crippen LogP contribution in [0.4, 0.5) is 10.1 Å². The van der Waals surface area contributed by atoms with E-state index in [1.807, 2.05) is 5.01 Å². The zero-order chi connectivity index (χ0) is 12.3. The lowest BCUT2D eigenvalue weighted by atomic mass is 10.3. The van der Waals surface area contributed by atoms with Crippen LogP contribution in [0, 0.1) is 5.82 Å². The molecular formula is C12H16FN3O. The van der Waals surface area contributed by atoms with E-state index in [0.29, 0.717) is 25.2 Å². The molecule has 0 unspecified atom stereocenters. The average molecular weight is 237 g/mol. The minimum atomic E-state index is -0.297. The summed E-state index contributed by atoms with van der Waals surface area (Å²) < 4.78 is 12.8. The topological polar surface area (TPSA) is 49.6 Å². The summed E-state index contributed by atoms with van der Waals surface area (Å²) in [5.41, 5.74) is 6.18. The number of hydrazine groups is 1. The van der Waals surface area contributed by atoms with Crippen LogP contribution in [0.5, 0.6) is 0 Å². The van der Waals surface area contributed by atoms with Crippen LogP contribution in [0.25, 0.3) is 0 Å². The number of carbonyl (C=O) groups excluding carboxylic acids is 1. The van der Waals surface area contributed by atoms with Gasteiger partial charge in [0.05, 0.1) is 5.69 Å². The lowest BCUT2D eigenvalue weighted by molar-refractivity contribution is -0.118. The van der Waals surface area contributed by atoms with Crippen molar-refractivity contribution in [2.45, 2.75) is 12.8 Å². The molecule has 4 nitrogen and oxygen atoms in total. The third-order valence-corrected chi connectivity index (χ3v) is 2.79. The fourth-order valence-electron chi connectivity index (χ4n) is 1.96. The van der Waals surface area contributed by atoms with Crippen LogP contribution in [-0.4, -0.2) is 30.6 Å². The number of nitrogens with two attached hydrogens (primary N) is 1. The maximum Gasteiger partial charge on any atom is 0.242 e. The van der Waals surface area contributed by atoms with Crippen LogP contribution in [0.15, 0.2) is 24.3 Å². The van der Waals surface area contributed by atoms with Gasteiger partial charge in [0.25, 0.3) is 0 Å². The highest BCUT2D eigenvalue weighted by molar-refractivity contribution is 5.94. The summed E-state index contributed by atoms with van der Waals surface area (Å²) in [5, 5.41) is 3.58. The van der Waals surface area contributed by atoms with Gasteiger partial charge in [-0.1, -0.05) is 0 Å². The number of hydrogen-bond acceptors (Lipinski definition) is 3. The highest BCUT2D eigenvalue weighted by Gasteiger charge is 2.29. The molecule has 0 bridgehead atoms. The van der Waals surface area contributed by atoms with E-state index in [0.717, 1.165) is 13.0 Å². The van der Waals surface area contributed by atoms with Crippen molar-refractivity contribution in [1.29, 1.82) is 0 Å². The number of amides is 1. The van der Waals surface area contributed by atoms with Crippen LogP contribution in [-0.2, 0) is 4.79 Å². The third-order valence-electron chi connectivity index (χ3n) is 2.79. The van der Waals surface area contributed by atoms with Gasteiger partial charge < -0.3 is 5.73 Å². The number of rotatable bonds is 4. The van der Waals surface area contributed by atoms with Crippen molar-refractivity contribution in [2.24, 2.45) is 5.73 Å². The first-order valence-electron chi connectivity index (χ1n) is 5.76. The third kappa shape index (κ3) is 2.62. The van der Waals surface area contributed by atoms with E-state index in [4.69, 9.17) is 5.73 Å². The molecule has 2 N–H and O–H groups in total. The van der Waals surface area contributed by atoms with Crippen molar-refractivity contribution in [2.75, 3.05) is 24.6 Å². The summed E-state index contributed by atoms with van der Waals surface area (Å²) >= 11 is 0. The molecule has 1 aliphatic rings. The second kappa shape index (κ2) is 5.25. The Bertz CT molecular complexity index is 393. The number of benzene rings is 1. The molecule has 1 aromatic carbocycles. The van der Waals surface area contributed by atoms with Gasteiger partial charge in [0.15, 0.2) is 0 Å². The molecule has 2 rings (SSSR count). The van der Waals surface area contributed by atoms with Crippen molar-refractivity contribution in [1.82, 2.24) is 5.01 Å². The molecular weight excluding hydrogens is 221 g/mol. The summed E-state index contributed by atoms with van der Waals surface area (Å²) in [6, 6.07) is 5.96. The first-order valence-corrected chi connectivity index (χ1v) is 5.76. The van der Waals surface area contributed by atoms with Gasteiger partial charge in [-0.2, -0.15) is 0 Å². The largest absolute Gasteiger partial charge is 0.330 e. The van der Waals surface area contributed by atoms with E-state index < -0.39 is 0 Å². The summed E-state index contributed by atoms with van der Waals surface area (Å²) in [7, 11) is 0. The Morgan fingerprint density at radius 2 is 2.00 bits per heavy atom.